The highest BCUT2D eigenvalue weighted by molar-refractivity contribution is 9.10. The Bertz CT molecular complexity index is 1840. The maximum absolute atomic E-state index is 16.4. The lowest BCUT2D eigenvalue weighted by atomic mass is 10.0. The maximum atomic E-state index is 16.4. The summed E-state index contributed by atoms with van der Waals surface area (Å²) in [5, 5.41) is 15.5. The second kappa shape index (κ2) is 15.6. The molecule has 5 heterocycles. The minimum Gasteiger partial charge on any atom is -0.378 e. The minimum absolute atomic E-state index is 0.128. The van der Waals surface area contributed by atoms with Crippen LogP contribution in [0.5, 0.6) is 0 Å². The number of aryl methyl sites for hydroxylation is 2. The van der Waals surface area contributed by atoms with Gasteiger partial charge in [0.2, 0.25) is 11.8 Å². The standard InChI is InChI=1S/C35H42BrFN8O4/c1-5-24(17-39-23(4)38)27-15-26-31(22(3)46)43-45(32(26)21(2)40-27)18-30(47)44-19-35(37)16-28(44)34(48)42-33-25(12-13-29(36)41-33)11-9-7-6-8-10-14-49-20-35/h5,12-13,15,17,28,38H,6-11,14,16,18-20H2,1-4H3,(H,41,42,48)/b24-5?,38-23?,39-17-/t28-,35+/m0/s1. The quantitative estimate of drug-likeness (QED) is 0.140. The molecule has 0 unspecified atom stereocenters. The van der Waals surface area contributed by atoms with Crippen LogP contribution in [0.1, 0.15) is 86.7 Å². The second-order valence-electron chi connectivity index (χ2n) is 12.7. The number of ether oxygens (including phenoxy) is 1. The number of pyridine rings is 2. The van der Waals surface area contributed by atoms with Crippen LogP contribution < -0.4 is 5.32 Å². The number of fused-ring (bicyclic) bond motifs is 4. The SMILES string of the molecule is CC=C(/C=N\C(C)=N)c1cc2c(C(C)=O)nn(CC(=O)N3C[C@@]4(F)COCCCCCCCc5ccc(Br)nc5NC(=O)[C@@H]3C4)c2c(C)n1. The fourth-order valence-corrected chi connectivity index (χ4v) is 6.72. The van der Waals surface area contributed by atoms with E-state index < -0.39 is 23.5 Å². The van der Waals surface area contributed by atoms with Crippen molar-refractivity contribution in [2.24, 2.45) is 4.99 Å². The lowest BCUT2D eigenvalue weighted by molar-refractivity contribution is -0.137. The highest BCUT2D eigenvalue weighted by atomic mass is 79.9. The second-order valence-corrected chi connectivity index (χ2v) is 13.5. The minimum atomic E-state index is -1.94. The number of aliphatic imine (C=N–C) groups is 1. The third-order valence-electron chi connectivity index (χ3n) is 8.82. The molecule has 14 heteroatoms. The third-order valence-corrected chi connectivity index (χ3v) is 9.26. The molecule has 2 aliphatic heterocycles. The number of anilines is 1. The van der Waals surface area contributed by atoms with Gasteiger partial charge in [-0.25, -0.2) is 14.4 Å². The summed E-state index contributed by atoms with van der Waals surface area (Å²) in [7, 11) is 0. The van der Waals surface area contributed by atoms with E-state index >= 15 is 4.39 Å². The molecule has 12 nitrogen and oxygen atoms in total. The van der Waals surface area contributed by atoms with Crippen LogP contribution in [0.15, 0.2) is 33.9 Å². The zero-order chi connectivity index (χ0) is 35.3. The summed E-state index contributed by atoms with van der Waals surface area (Å²) in [6.45, 7) is 6.00. The third kappa shape index (κ3) is 8.53. The van der Waals surface area contributed by atoms with E-state index in [2.05, 4.69) is 36.3 Å². The van der Waals surface area contributed by atoms with Gasteiger partial charge in [0.15, 0.2) is 11.5 Å². The summed E-state index contributed by atoms with van der Waals surface area (Å²) < 4.78 is 24.1. The van der Waals surface area contributed by atoms with Gasteiger partial charge in [-0.15, -0.1) is 0 Å². The van der Waals surface area contributed by atoms with Crippen molar-refractivity contribution < 1.29 is 23.5 Å². The number of carbonyl (C=O) groups is 3. The van der Waals surface area contributed by atoms with E-state index in [-0.39, 0.29) is 43.4 Å². The average molecular weight is 738 g/mol. The Hall–Kier alpha value is -4.17. The van der Waals surface area contributed by atoms with Crippen molar-refractivity contribution in [2.75, 3.05) is 25.1 Å². The van der Waals surface area contributed by atoms with Crippen LogP contribution in [0.2, 0.25) is 0 Å². The normalized spacial score (nSPS) is 21.2. The number of nitrogens with one attached hydrogen (secondary N) is 2. The number of halogens is 2. The van der Waals surface area contributed by atoms with E-state index in [1.807, 2.05) is 19.1 Å². The molecule has 0 spiro atoms. The predicted octanol–water partition coefficient (Wildman–Crippen LogP) is 6.04. The largest absolute Gasteiger partial charge is 0.378 e. The van der Waals surface area contributed by atoms with Gasteiger partial charge < -0.3 is 15.0 Å². The summed E-state index contributed by atoms with van der Waals surface area (Å²) in [4.78, 5) is 55.2. The number of hydrogen-bond donors (Lipinski definition) is 2. The lowest BCUT2D eigenvalue weighted by Gasteiger charge is -2.24. The molecule has 0 aliphatic carbocycles. The molecule has 3 aromatic rings. The van der Waals surface area contributed by atoms with Gasteiger partial charge in [0.25, 0.3) is 0 Å². The van der Waals surface area contributed by atoms with Gasteiger partial charge in [-0.05, 0) is 73.7 Å². The van der Waals surface area contributed by atoms with Crippen LogP contribution in [0.3, 0.4) is 0 Å². The highest BCUT2D eigenvalue weighted by Gasteiger charge is 2.50. The zero-order valence-electron chi connectivity index (χ0n) is 28.3. The first-order valence-corrected chi connectivity index (χ1v) is 17.4. The Morgan fingerprint density at radius 3 is 2.69 bits per heavy atom. The Labute approximate surface area is 293 Å². The fourth-order valence-electron chi connectivity index (χ4n) is 6.41. The molecule has 0 radical (unpaired) electrons. The van der Waals surface area contributed by atoms with Crippen molar-refractivity contribution in [1.82, 2.24) is 24.6 Å². The summed E-state index contributed by atoms with van der Waals surface area (Å²) in [6, 6.07) is 4.32. The average Bonchev–Trinajstić information content (AvgIpc) is 3.59. The van der Waals surface area contributed by atoms with Crippen LogP contribution in [-0.4, -0.2) is 85.8 Å². The molecule has 1 saturated heterocycles. The molecule has 49 heavy (non-hydrogen) atoms. The number of hydrogen-bond acceptors (Lipinski definition) is 8. The molecule has 0 saturated carbocycles. The predicted molar refractivity (Wildman–Crippen MR) is 190 cm³/mol. The number of alkyl halides is 1. The Morgan fingerprint density at radius 1 is 1.20 bits per heavy atom. The zero-order valence-corrected chi connectivity index (χ0v) is 29.9. The first-order chi connectivity index (χ1) is 23.4. The number of amides is 2. The van der Waals surface area contributed by atoms with E-state index in [1.54, 1.807) is 26.0 Å². The van der Waals surface area contributed by atoms with Crippen molar-refractivity contribution in [3.05, 3.63) is 51.5 Å². The molecule has 5 rings (SSSR count). The first-order valence-electron chi connectivity index (χ1n) is 16.6. The van der Waals surface area contributed by atoms with Crippen molar-refractivity contribution in [3.63, 3.8) is 0 Å². The van der Waals surface area contributed by atoms with Gasteiger partial charge >= 0.3 is 0 Å². The Morgan fingerprint density at radius 2 is 1.96 bits per heavy atom. The molecule has 2 amide bonds. The van der Waals surface area contributed by atoms with Gasteiger partial charge in [-0.1, -0.05) is 31.4 Å². The molecule has 3 aromatic heterocycles. The van der Waals surface area contributed by atoms with Crippen LogP contribution in [0, 0.1) is 12.3 Å². The lowest BCUT2D eigenvalue weighted by Crippen LogP contribution is -2.45. The number of allylic oxidation sites excluding steroid dienone is 2. The number of amidine groups is 1. The molecule has 260 valence electrons. The number of nitrogens with zero attached hydrogens (tertiary/aromatic N) is 6. The van der Waals surface area contributed by atoms with E-state index in [4.69, 9.17) is 15.1 Å². The van der Waals surface area contributed by atoms with E-state index in [0.717, 1.165) is 44.1 Å². The van der Waals surface area contributed by atoms with Gasteiger partial charge in [-0.2, -0.15) is 5.10 Å². The van der Waals surface area contributed by atoms with Crippen molar-refractivity contribution in [2.45, 2.75) is 90.9 Å². The van der Waals surface area contributed by atoms with Crippen molar-refractivity contribution >= 4 is 67.9 Å². The van der Waals surface area contributed by atoms with Crippen LogP contribution in [0.4, 0.5) is 10.2 Å². The molecule has 2 N–H and O–H groups in total. The molecular formula is C35H42BrFN8O4. The summed E-state index contributed by atoms with van der Waals surface area (Å²) in [6.07, 6.45) is 8.56. The van der Waals surface area contributed by atoms with Gasteiger partial charge in [-0.3, -0.25) is 29.5 Å². The summed E-state index contributed by atoms with van der Waals surface area (Å²) in [5.74, 6) is -0.869. The van der Waals surface area contributed by atoms with Crippen LogP contribution in [0.25, 0.3) is 16.5 Å². The molecule has 1 fully saturated rings. The van der Waals surface area contributed by atoms with E-state index in [1.165, 1.54) is 22.7 Å². The summed E-state index contributed by atoms with van der Waals surface area (Å²) in [5.41, 5.74) is 1.24. The maximum Gasteiger partial charge on any atom is 0.248 e. The molecule has 0 aromatic carbocycles. The van der Waals surface area contributed by atoms with Gasteiger partial charge in [0, 0.05) is 37.1 Å². The van der Waals surface area contributed by atoms with Crippen molar-refractivity contribution in [3.8, 4) is 0 Å². The van der Waals surface area contributed by atoms with E-state index in [9.17, 15) is 14.4 Å². The molecule has 2 aliphatic rings. The van der Waals surface area contributed by atoms with Crippen molar-refractivity contribution in [1.29, 1.82) is 5.41 Å². The van der Waals surface area contributed by atoms with Gasteiger partial charge in [0.1, 0.15) is 34.5 Å². The number of rotatable bonds is 5. The highest BCUT2D eigenvalue weighted by Crippen LogP contribution is 2.34. The summed E-state index contributed by atoms with van der Waals surface area (Å²) >= 11 is 3.39. The number of ketones is 1. The van der Waals surface area contributed by atoms with Gasteiger partial charge in [0.05, 0.1) is 30.1 Å². The number of likely N-dealkylation sites (tertiary alicyclic amines) is 1. The number of Topliss-reactive ketones (excluding diaryl/α,β-unsaturated/α-hetero) is 1. The molecule has 2 bridgehead atoms. The monoisotopic (exact) mass is 736 g/mol. The Kier molecular flexibility index (Phi) is 11.5. The van der Waals surface area contributed by atoms with Crippen LogP contribution >= 0.6 is 15.9 Å². The smallest absolute Gasteiger partial charge is 0.248 e. The number of aromatic nitrogens is 4. The topological polar surface area (TPSA) is 156 Å². The number of carbonyl (C=O) groups excluding carboxylic acids is 3. The first kappa shape index (κ1) is 36.1. The Balaban J connectivity index is 1.48. The van der Waals surface area contributed by atoms with E-state index in [0.29, 0.717) is 44.9 Å². The molecule has 2 atom stereocenters. The molecular weight excluding hydrogens is 695 g/mol. The fraction of sp³-hybridized carbons (Fsp3) is 0.486. The van der Waals surface area contributed by atoms with Crippen LogP contribution in [-0.2, 0) is 27.3 Å².